The van der Waals surface area contributed by atoms with Crippen molar-refractivity contribution in [2.45, 2.75) is 19.0 Å². The van der Waals surface area contributed by atoms with Gasteiger partial charge in [0.05, 0.1) is 13.2 Å². The van der Waals surface area contributed by atoms with Crippen LogP contribution in [0.25, 0.3) is 0 Å². The van der Waals surface area contributed by atoms with E-state index < -0.39 is 0 Å². The first kappa shape index (κ1) is 14.2. The SMILES string of the molecule is CNCC1CN(C)CC(C)N1c1cccc(OC)c1. The van der Waals surface area contributed by atoms with Gasteiger partial charge in [0.15, 0.2) is 0 Å². The average Bonchev–Trinajstić information content (AvgIpc) is 2.38. The van der Waals surface area contributed by atoms with Crippen LogP contribution < -0.4 is 15.0 Å². The molecule has 4 nitrogen and oxygen atoms in total. The van der Waals surface area contributed by atoms with E-state index in [2.05, 4.69) is 47.3 Å². The molecule has 1 saturated heterocycles. The van der Waals surface area contributed by atoms with Crippen LogP contribution in [0, 0.1) is 0 Å². The van der Waals surface area contributed by atoms with Gasteiger partial charge in [-0.3, -0.25) is 0 Å². The molecule has 0 amide bonds. The maximum absolute atomic E-state index is 5.34. The molecule has 1 heterocycles. The molecule has 1 aromatic carbocycles. The summed E-state index contributed by atoms with van der Waals surface area (Å²) in [6.07, 6.45) is 0. The van der Waals surface area contributed by atoms with Crippen molar-refractivity contribution in [2.24, 2.45) is 0 Å². The molecular formula is C15H25N3O. The van der Waals surface area contributed by atoms with E-state index in [-0.39, 0.29) is 0 Å². The molecule has 0 aliphatic carbocycles. The van der Waals surface area contributed by atoms with Gasteiger partial charge in [0.1, 0.15) is 5.75 Å². The van der Waals surface area contributed by atoms with Crippen molar-refractivity contribution in [3.8, 4) is 5.75 Å². The Morgan fingerprint density at radius 2 is 2.16 bits per heavy atom. The van der Waals surface area contributed by atoms with Crippen molar-refractivity contribution in [1.82, 2.24) is 10.2 Å². The zero-order valence-electron chi connectivity index (χ0n) is 12.4. The van der Waals surface area contributed by atoms with Gasteiger partial charge in [0.25, 0.3) is 0 Å². The Hall–Kier alpha value is -1.26. The van der Waals surface area contributed by atoms with E-state index in [1.54, 1.807) is 7.11 Å². The van der Waals surface area contributed by atoms with Gasteiger partial charge in [-0.15, -0.1) is 0 Å². The first-order chi connectivity index (χ1) is 9.15. The van der Waals surface area contributed by atoms with Crippen molar-refractivity contribution in [3.05, 3.63) is 24.3 Å². The second-order valence-electron chi connectivity index (χ2n) is 5.39. The van der Waals surface area contributed by atoms with Gasteiger partial charge in [-0.1, -0.05) is 6.07 Å². The molecular weight excluding hydrogens is 238 g/mol. The van der Waals surface area contributed by atoms with E-state index in [4.69, 9.17) is 4.74 Å². The molecule has 2 rings (SSSR count). The fourth-order valence-electron chi connectivity index (χ4n) is 3.06. The fraction of sp³-hybridized carbons (Fsp3) is 0.600. The normalized spacial score (nSPS) is 24.5. The van der Waals surface area contributed by atoms with Crippen LogP contribution in [0.1, 0.15) is 6.92 Å². The Kier molecular flexibility index (Phi) is 4.66. The summed E-state index contributed by atoms with van der Waals surface area (Å²) in [6.45, 7) is 5.46. The third-order valence-electron chi connectivity index (χ3n) is 3.76. The van der Waals surface area contributed by atoms with Crippen molar-refractivity contribution in [1.29, 1.82) is 0 Å². The monoisotopic (exact) mass is 263 g/mol. The molecule has 106 valence electrons. The summed E-state index contributed by atoms with van der Waals surface area (Å²) in [5, 5.41) is 3.31. The Morgan fingerprint density at radius 3 is 2.84 bits per heavy atom. The van der Waals surface area contributed by atoms with Gasteiger partial charge in [-0.25, -0.2) is 0 Å². The largest absolute Gasteiger partial charge is 0.497 e. The Labute approximate surface area is 116 Å². The van der Waals surface area contributed by atoms with Crippen LogP contribution in [0.15, 0.2) is 24.3 Å². The lowest BCUT2D eigenvalue weighted by atomic mass is 10.1. The number of benzene rings is 1. The number of ether oxygens (including phenoxy) is 1. The van der Waals surface area contributed by atoms with Gasteiger partial charge < -0.3 is 19.9 Å². The topological polar surface area (TPSA) is 27.7 Å². The summed E-state index contributed by atoms with van der Waals surface area (Å²) in [5.41, 5.74) is 1.25. The van der Waals surface area contributed by atoms with Crippen molar-refractivity contribution < 1.29 is 4.74 Å². The Balaban J connectivity index is 2.26. The molecule has 19 heavy (non-hydrogen) atoms. The van der Waals surface area contributed by atoms with E-state index in [0.29, 0.717) is 12.1 Å². The van der Waals surface area contributed by atoms with Gasteiger partial charge in [0, 0.05) is 37.4 Å². The number of nitrogens with zero attached hydrogens (tertiary/aromatic N) is 2. The number of hydrogen-bond donors (Lipinski definition) is 1. The van der Waals surface area contributed by atoms with Crippen LogP contribution in [0.5, 0.6) is 5.75 Å². The second kappa shape index (κ2) is 6.26. The zero-order valence-corrected chi connectivity index (χ0v) is 12.4. The van der Waals surface area contributed by atoms with E-state index in [1.165, 1.54) is 5.69 Å². The molecule has 4 heteroatoms. The molecule has 0 bridgehead atoms. The maximum atomic E-state index is 5.34. The minimum Gasteiger partial charge on any atom is -0.497 e. The van der Waals surface area contributed by atoms with Crippen LogP contribution in [0.4, 0.5) is 5.69 Å². The minimum absolute atomic E-state index is 0.492. The van der Waals surface area contributed by atoms with Crippen LogP contribution in [-0.4, -0.2) is 57.8 Å². The van der Waals surface area contributed by atoms with Gasteiger partial charge in [-0.2, -0.15) is 0 Å². The lowest BCUT2D eigenvalue weighted by molar-refractivity contribution is 0.230. The van der Waals surface area contributed by atoms with Crippen LogP contribution >= 0.6 is 0 Å². The highest BCUT2D eigenvalue weighted by molar-refractivity contribution is 5.53. The lowest BCUT2D eigenvalue weighted by Crippen LogP contribution is -2.59. The molecule has 1 aliphatic heterocycles. The number of anilines is 1. The molecule has 1 aliphatic rings. The van der Waals surface area contributed by atoms with E-state index in [0.717, 1.165) is 25.4 Å². The smallest absolute Gasteiger partial charge is 0.120 e. The molecule has 2 unspecified atom stereocenters. The molecule has 0 aromatic heterocycles. The summed E-state index contributed by atoms with van der Waals surface area (Å²) in [5.74, 6) is 0.923. The second-order valence-corrected chi connectivity index (χ2v) is 5.39. The standard InChI is InChI=1S/C15H25N3O/c1-12-10-17(3)11-14(9-16-2)18(12)13-6-5-7-15(8-13)19-4/h5-8,12,14,16H,9-11H2,1-4H3. The molecule has 0 spiro atoms. The van der Waals surface area contributed by atoms with Gasteiger partial charge in [0.2, 0.25) is 0 Å². The molecule has 1 N–H and O–H groups in total. The highest BCUT2D eigenvalue weighted by Gasteiger charge is 2.30. The molecule has 2 atom stereocenters. The predicted molar refractivity (Wildman–Crippen MR) is 80.1 cm³/mol. The molecule has 0 radical (unpaired) electrons. The fourth-order valence-corrected chi connectivity index (χ4v) is 3.06. The first-order valence-electron chi connectivity index (χ1n) is 6.91. The number of methoxy groups -OCH3 is 1. The highest BCUT2D eigenvalue weighted by atomic mass is 16.5. The number of rotatable bonds is 4. The zero-order chi connectivity index (χ0) is 13.8. The van der Waals surface area contributed by atoms with E-state index in [9.17, 15) is 0 Å². The number of hydrogen-bond acceptors (Lipinski definition) is 4. The number of piperazine rings is 1. The molecule has 1 aromatic rings. The Bertz CT molecular complexity index is 410. The van der Waals surface area contributed by atoms with Gasteiger partial charge in [-0.05, 0) is 33.2 Å². The molecule has 0 saturated carbocycles. The van der Waals surface area contributed by atoms with E-state index in [1.807, 2.05) is 13.1 Å². The van der Waals surface area contributed by atoms with Crippen molar-refractivity contribution >= 4 is 5.69 Å². The third-order valence-corrected chi connectivity index (χ3v) is 3.76. The Morgan fingerprint density at radius 1 is 1.37 bits per heavy atom. The summed E-state index contributed by atoms with van der Waals surface area (Å²) in [4.78, 5) is 4.92. The van der Waals surface area contributed by atoms with E-state index >= 15 is 0 Å². The number of nitrogens with one attached hydrogen (secondary N) is 1. The lowest BCUT2D eigenvalue weighted by Gasteiger charge is -2.46. The third kappa shape index (κ3) is 3.19. The van der Waals surface area contributed by atoms with Crippen LogP contribution in [0.2, 0.25) is 0 Å². The van der Waals surface area contributed by atoms with Crippen LogP contribution in [0.3, 0.4) is 0 Å². The van der Waals surface area contributed by atoms with Gasteiger partial charge >= 0.3 is 0 Å². The average molecular weight is 263 g/mol. The maximum Gasteiger partial charge on any atom is 0.120 e. The van der Waals surface area contributed by atoms with Crippen molar-refractivity contribution in [2.75, 3.05) is 45.7 Å². The summed E-state index contributed by atoms with van der Waals surface area (Å²) in [6, 6.07) is 9.36. The quantitative estimate of drug-likeness (QED) is 0.889. The molecule has 1 fully saturated rings. The summed E-state index contributed by atoms with van der Waals surface area (Å²) in [7, 11) is 5.93. The summed E-state index contributed by atoms with van der Waals surface area (Å²) >= 11 is 0. The summed E-state index contributed by atoms with van der Waals surface area (Å²) < 4.78 is 5.34. The number of likely N-dealkylation sites (N-methyl/N-ethyl adjacent to an activating group) is 2. The van der Waals surface area contributed by atoms with Crippen LogP contribution in [-0.2, 0) is 0 Å². The highest BCUT2D eigenvalue weighted by Crippen LogP contribution is 2.27. The minimum atomic E-state index is 0.492. The van der Waals surface area contributed by atoms with Crippen molar-refractivity contribution in [3.63, 3.8) is 0 Å². The predicted octanol–water partition coefficient (Wildman–Crippen LogP) is 1.42. The first-order valence-corrected chi connectivity index (χ1v) is 6.91.